The molecule has 2 aromatic carbocycles. The van der Waals surface area contributed by atoms with Gasteiger partial charge in [0.1, 0.15) is 23.2 Å². The van der Waals surface area contributed by atoms with Gasteiger partial charge in [0.2, 0.25) is 0 Å². The summed E-state index contributed by atoms with van der Waals surface area (Å²) in [5, 5.41) is 21.1. The molecule has 0 bridgehead atoms. The van der Waals surface area contributed by atoms with Crippen LogP contribution < -0.4 is 10.5 Å². The van der Waals surface area contributed by atoms with Crippen molar-refractivity contribution >= 4 is 23.1 Å². The van der Waals surface area contributed by atoms with Gasteiger partial charge < -0.3 is 15.2 Å². The van der Waals surface area contributed by atoms with E-state index in [0.717, 1.165) is 0 Å². The molecule has 1 aromatic heterocycles. The first-order chi connectivity index (χ1) is 13.9. The van der Waals surface area contributed by atoms with Crippen LogP contribution in [-0.4, -0.2) is 23.8 Å². The Morgan fingerprint density at radius 3 is 2.72 bits per heavy atom. The van der Waals surface area contributed by atoms with E-state index in [0.29, 0.717) is 33.2 Å². The lowest BCUT2D eigenvalue weighted by molar-refractivity contribution is -0.384. The van der Waals surface area contributed by atoms with Gasteiger partial charge in [0.25, 0.3) is 5.69 Å². The van der Waals surface area contributed by atoms with Crippen LogP contribution >= 0.6 is 11.6 Å². The van der Waals surface area contributed by atoms with Crippen molar-refractivity contribution in [2.24, 2.45) is 0 Å². The first-order valence-corrected chi connectivity index (χ1v) is 8.69. The summed E-state index contributed by atoms with van der Waals surface area (Å²) in [7, 11) is 1.49. The summed E-state index contributed by atoms with van der Waals surface area (Å²) in [6.07, 6.45) is 0. The second-order valence-electron chi connectivity index (χ2n) is 5.93. The number of aromatic nitrogens is 1. The number of ether oxygens (including phenoxy) is 2. The zero-order valence-electron chi connectivity index (χ0n) is 15.3. The Hall–Kier alpha value is -3.67. The van der Waals surface area contributed by atoms with Crippen molar-refractivity contribution in [2.75, 3.05) is 19.6 Å². The van der Waals surface area contributed by atoms with Crippen LogP contribution in [0.25, 0.3) is 22.4 Å². The third-order valence-electron chi connectivity index (χ3n) is 4.08. The van der Waals surface area contributed by atoms with Crippen LogP contribution in [0.3, 0.4) is 0 Å². The van der Waals surface area contributed by atoms with Gasteiger partial charge in [-0.05, 0) is 29.8 Å². The van der Waals surface area contributed by atoms with Crippen molar-refractivity contribution in [3.63, 3.8) is 0 Å². The number of nitro benzene ring substituents is 1. The Bertz CT molecular complexity index is 1130. The van der Waals surface area contributed by atoms with Gasteiger partial charge in [-0.3, -0.25) is 10.1 Å². The molecule has 3 aromatic rings. The third-order valence-corrected chi connectivity index (χ3v) is 4.31. The second-order valence-corrected chi connectivity index (χ2v) is 6.36. The molecular weight excluding hydrogens is 396 g/mol. The van der Waals surface area contributed by atoms with Gasteiger partial charge in [0.15, 0.2) is 6.79 Å². The summed E-state index contributed by atoms with van der Waals surface area (Å²) in [6.45, 7) is -0.00313. The lowest BCUT2D eigenvalue weighted by Crippen LogP contribution is -2.03. The number of non-ortho nitro benzene ring substituents is 1. The van der Waals surface area contributed by atoms with E-state index in [9.17, 15) is 15.4 Å². The number of nitrogens with zero attached hydrogens (tertiary/aromatic N) is 3. The number of hydrogen-bond donors (Lipinski definition) is 1. The number of nitrogens with two attached hydrogens (primary N) is 1. The SMILES string of the molecule is COCOc1cc(Cl)ccc1-c1cc(-c2cccc([N+](=O)[O-])c2)c(C#N)c(N)n1. The van der Waals surface area contributed by atoms with Crippen LogP contribution in [0.1, 0.15) is 5.56 Å². The maximum Gasteiger partial charge on any atom is 0.270 e. The second kappa shape index (κ2) is 8.56. The standard InChI is InChI=1S/C20H15ClN4O4/c1-28-11-29-19-8-13(21)5-6-15(19)18-9-16(17(10-22)20(23)24-18)12-3-2-4-14(7-12)25(26)27/h2-9H,11H2,1H3,(H2,23,24). The third kappa shape index (κ3) is 4.27. The predicted octanol–water partition coefficient (Wildman–Crippen LogP) is 4.41. The van der Waals surface area contributed by atoms with Crippen molar-refractivity contribution < 1.29 is 14.4 Å². The van der Waals surface area contributed by atoms with E-state index in [4.69, 9.17) is 26.8 Å². The highest BCUT2D eigenvalue weighted by atomic mass is 35.5. The van der Waals surface area contributed by atoms with Gasteiger partial charge in [-0.1, -0.05) is 23.7 Å². The molecule has 8 nitrogen and oxygen atoms in total. The van der Waals surface area contributed by atoms with E-state index in [-0.39, 0.29) is 23.9 Å². The average Bonchev–Trinajstić information content (AvgIpc) is 2.71. The zero-order valence-corrected chi connectivity index (χ0v) is 16.0. The highest BCUT2D eigenvalue weighted by molar-refractivity contribution is 6.30. The van der Waals surface area contributed by atoms with Crippen molar-refractivity contribution in [1.29, 1.82) is 5.26 Å². The highest BCUT2D eigenvalue weighted by Crippen LogP contribution is 2.37. The van der Waals surface area contributed by atoms with Crippen LogP contribution in [0.5, 0.6) is 5.75 Å². The van der Waals surface area contributed by atoms with Crippen LogP contribution in [0, 0.1) is 21.4 Å². The van der Waals surface area contributed by atoms with E-state index in [1.807, 2.05) is 6.07 Å². The molecule has 0 saturated heterocycles. The van der Waals surface area contributed by atoms with Crippen molar-refractivity contribution in [3.05, 3.63) is 69.2 Å². The summed E-state index contributed by atoms with van der Waals surface area (Å²) >= 11 is 6.06. The number of hydrogen-bond acceptors (Lipinski definition) is 7. The first-order valence-electron chi connectivity index (χ1n) is 8.31. The molecule has 0 spiro atoms. The largest absolute Gasteiger partial charge is 0.467 e. The number of halogens is 1. The number of anilines is 1. The van der Waals surface area contributed by atoms with Gasteiger partial charge in [-0.15, -0.1) is 0 Å². The molecule has 2 N–H and O–H groups in total. The Labute approximate surface area is 171 Å². The highest BCUT2D eigenvalue weighted by Gasteiger charge is 2.18. The minimum absolute atomic E-state index is 0.000789. The molecule has 0 amide bonds. The molecule has 9 heteroatoms. The summed E-state index contributed by atoms with van der Waals surface area (Å²) in [5.41, 5.74) is 7.95. The molecule has 0 saturated carbocycles. The Morgan fingerprint density at radius 2 is 2.03 bits per heavy atom. The van der Waals surface area contributed by atoms with E-state index in [1.165, 1.54) is 19.2 Å². The lowest BCUT2D eigenvalue weighted by Gasteiger charge is -2.14. The van der Waals surface area contributed by atoms with Crippen molar-refractivity contribution in [2.45, 2.75) is 0 Å². The molecule has 0 radical (unpaired) electrons. The van der Waals surface area contributed by atoms with Gasteiger partial charge in [0, 0.05) is 35.4 Å². The summed E-state index contributed by atoms with van der Waals surface area (Å²) in [6, 6.07) is 14.6. The van der Waals surface area contributed by atoms with Crippen LogP contribution in [0.2, 0.25) is 5.02 Å². The number of nitrogen functional groups attached to an aromatic ring is 1. The first kappa shape index (κ1) is 20.1. The molecule has 0 aliphatic carbocycles. The molecule has 29 heavy (non-hydrogen) atoms. The van der Waals surface area contributed by atoms with E-state index in [1.54, 1.807) is 36.4 Å². The predicted molar refractivity (Wildman–Crippen MR) is 108 cm³/mol. The summed E-state index contributed by atoms with van der Waals surface area (Å²) in [4.78, 5) is 14.9. The maximum atomic E-state index is 11.1. The molecule has 0 unspecified atom stereocenters. The molecule has 0 aliphatic heterocycles. The number of methoxy groups -OCH3 is 1. The van der Waals surface area contributed by atoms with Crippen molar-refractivity contribution in [3.8, 4) is 34.2 Å². The van der Waals surface area contributed by atoms with Gasteiger partial charge >= 0.3 is 0 Å². The molecular formula is C20H15ClN4O4. The zero-order chi connectivity index (χ0) is 21.0. The quantitative estimate of drug-likeness (QED) is 0.362. The average molecular weight is 411 g/mol. The molecule has 0 aliphatic rings. The Balaban J connectivity index is 2.21. The fourth-order valence-corrected chi connectivity index (χ4v) is 2.95. The van der Waals surface area contributed by atoms with E-state index >= 15 is 0 Å². The molecule has 0 atom stereocenters. The van der Waals surface area contributed by atoms with E-state index < -0.39 is 4.92 Å². The van der Waals surface area contributed by atoms with E-state index in [2.05, 4.69) is 4.98 Å². The summed E-state index contributed by atoms with van der Waals surface area (Å²) in [5.74, 6) is 0.417. The fraction of sp³-hybridized carbons (Fsp3) is 0.100. The van der Waals surface area contributed by atoms with Crippen LogP contribution in [0.15, 0.2) is 48.5 Å². The minimum atomic E-state index is -0.503. The molecule has 0 fully saturated rings. The fourth-order valence-electron chi connectivity index (χ4n) is 2.78. The normalized spacial score (nSPS) is 10.4. The van der Waals surface area contributed by atoms with Crippen LogP contribution in [-0.2, 0) is 4.74 Å². The summed E-state index contributed by atoms with van der Waals surface area (Å²) < 4.78 is 10.5. The van der Waals surface area contributed by atoms with Gasteiger partial charge in [-0.25, -0.2) is 4.98 Å². The number of rotatable bonds is 6. The smallest absolute Gasteiger partial charge is 0.270 e. The number of pyridine rings is 1. The molecule has 1 heterocycles. The number of benzene rings is 2. The Morgan fingerprint density at radius 1 is 1.24 bits per heavy atom. The van der Waals surface area contributed by atoms with Crippen LogP contribution in [0.4, 0.5) is 11.5 Å². The molecule has 3 rings (SSSR count). The van der Waals surface area contributed by atoms with Crippen molar-refractivity contribution in [1.82, 2.24) is 4.98 Å². The Kier molecular flexibility index (Phi) is 5.93. The molecule has 146 valence electrons. The maximum absolute atomic E-state index is 11.1. The minimum Gasteiger partial charge on any atom is -0.467 e. The van der Waals surface area contributed by atoms with Gasteiger partial charge in [-0.2, -0.15) is 5.26 Å². The topological polar surface area (TPSA) is 124 Å². The number of nitro groups is 1. The monoisotopic (exact) mass is 410 g/mol. The number of nitriles is 1. The lowest BCUT2D eigenvalue weighted by atomic mass is 9.98. The van der Waals surface area contributed by atoms with Gasteiger partial charge in [0.05, 0.1) is 10.6 Å².